The summed E-state index contributed by atoms with van der Waals surface area (Å²) in [6, 6.07) is 14.1. The maximum atomic E-state index is 12.4. The van der Waals surface area contributed by atoms with Crippen LogP contribution < -0.4 is 15.4 Å². The molecule has 0 fully saturated rings. The topological polar surface area (TPSA) is 76.1 Å². The number of ether oxygens (including phenoxy) is 1. The third-order valence-corrected chi connectivity index (χ3v) is 4.46. The van der Waals surface area contributed by atoms with Crippen molar-refractivity contribution >= 4 is 17.4 Å². The Hall–Kier alpha value is -3.62. The number of benzene rings is 2. The molecule has 0 saturated heterocycles. The Morgan fingerprint density at radius 1 is 1.06 bits per heavy atom. The number of nitrogens with one attached hydrogen (secondary N) is 2. The van der Waals surface area contributed by atoms with Gasteiger partial charge in [-0.15, -0.1) is 13.2 Å². The van der Waals surface area contributed by atoms with Gasteiger partial charge in [-0.25, -0.2) is 9.97 Å². The van der Waals surface area contributed by atoms with Crippen molar-refractivity contribution in [3.8, 4) is 17.0 Å². The van der Waals surface area contributed by atoms with E-state index in [-0.39, 0.29) is 11.7 Å². The van der Waals surface area contributed by atoms with Crippen molar-refractivity contribution in [1.82, 2.24) is 15.3 Å². The molecule has 0 aliphatic rings. The zero-order valence-electron chi connectivity index (χ0n) is 17.6. The van der Waals surface area contributed by atoms with Gasteiger partial charge in [0.25, 0.3) is 5.91 Å². The fourth-order valence-corrected chi connectivity index (χ4v) is 2.87. The van der Waals surface area contributed by atoms with Gasteiger partial charge in [-0.3, -0.25) is 4.79 Å². The summed E-state index contributed by atoms with van der Waals surface area (Å²) in [6.07, 6.45) is -2.47. The Kier molecular flexibility index (Phi) is 7.29. The largest absolute Gasteiger partial charge is 0.573 e. The number of anilines is 2. The molecule has 2 N–H and O–H groups in total. The summed E-state index contributed by atoms with van der Waals surface area (Å²) in [4.78, 5) is 20.8. The summed E-state index contributed by atoms with van der Waals surface area (Å²) in [6.45, 7) is 4.80. The Balaban J connectivity index is 1.70. The van der Waals surface area contributed by atoms with Gasteiger partial charge in [0.1, 0.15) is 17.9 Å². The second-order valence-corrected chi connectivity index (χ2v) is 7.50. The predicted octanol–water partition coefficient (Wildman–Crippen LogP) is 5.56. The summed E-state index contributed by atoms with van der Waals surface area (Å²) >= 11 is 0. The molecule has 0 saturated carbocycles. The van der Waals surface area contributed by atoms with E-state index < -0.39 is 6.36 Å². The van der Waals surface area contributed by atoms with E-state index in [4.69, 9.17) is 0 Å². The highest BCUT2D eigenvalue weighted by Crippen LogP contribution is 2.26. The molecule has 0 aliphatic heterocycles. The lowest BCUT2D eigenvalue weighted by molar-refractivity contribution is -0.274. The lowest BCUT2D eigenvalue weighted by Crippen LogP contribution is -2.25. The molecular formula is C23H23F3N4O2. The first kappa shape index (κ1) is 23.1. The normalized spacial score (nSPS) is 11.3. The number of carbonyl (C=O) groups is 1. The monoisotopic (exact) mass is 444 g/mol. The predicted molar refractivity (Wildman–Crippen MR) is 116 cm³/mol. The molecule has 32 heavy (non-hydrogen) atoms. The van der Waals surface area contributed by atoms with Gasteiger partial charge in [-0.05, 0) is 48.7 Å². The molecule has 1 aromatic heterocycles. The summed E-state index contributed by atoms with van der Waals surface area (Å²) in [7, 11) is 0. The Morgan fingerprint density at radius 3 is 2.50 bits per heavy atom. The molecule has 2 aromatic carbocycles. The van der Waals surface area contributed by atoms with Gasteiger partial charge in [0, 0.05) is 29.4 Å². The molecule has 0 spiro atoms. The highest BCUT2D eigenvalue weighted by molar-refractivity contribution is 5.95. The molecule has 0 radical (unpaired) electrons. The van der Waals surface area contributed by atoms with Gasteiger partial charge < -0.3 is 15.4 Å². The lowest BCUT2D eigenvalue weighted by atomic mass is 10.1. The number of rotatable bonds is 8. The Morgan fingerprint density at radius 2 is 1.81 bits per heavy atom. The molecule has 3 rings (SSSR count). The van der Waals surface area contributed by atoms with E-state index in [1.165, 1.54) is 30.6 Å². The summed E-state index contributed by atoms with van der Waals surface area (Å²) in [5, 5.41) is 5.92. The maximum absolute atomic E-state index is 12.4. The molecule has 0 unspecified atom stereocenters. The molecule has 1 amide bonds. The Bertz CT molecular complexity index is 1050. The number of carbonyl (C=O) groups excluding carboxylic acids is 1. The van der Waals surface area contributed by atoms with E-state index in [2.05, 4.69) is 39.2 Å². The number of amides is 1. The quantitative estimate of drug-likeness (QED) is 0.476. The van der Waals surface area contributed by atoms with Crippen molar-refractivity contribution in [3.05, 3.63) is 66.5 Å². The van der Waals surface area contributed by atoms with Crippen LogP contribution in [0.4, 0.5) is 24.7 Å². The molecule has 1 heterocycles. The summed E-state index contributed by atoms with van der Waals surface area (Å²) in [5.74, 6) is 0.490. The Labute approximate surface area is 183 Å². The molecule has 0 bridgehead atoms. The van der Waals surface area contributed by atoms with E-state index in [9.17, 15) is 18.0 Å². The van der Waals surface area contributed by atoms with Crippen LogP contribution in [0.3, 0.4) is 0 Å². The molecule has 6 nitrogen and oxygen atoms in total. The second kappa shape index (κ2) is 10.1. The van der Waals surface area contributed by atoms with Gasteiger partial charge in [0.05, 0.1) is 5.69 Å². The van der Waals surface area contributed by atoms with Gasteiger partial charge in [-0.1, -0.05) is 26.0 Å². The van der Waals surface area contributed by atoms with Crippen LogP contribution >= 0.6 is 0 Å². The molecule has 0 aliphatic carbocycles. The van der Waals surface area contributed by atoms with Crippen LogP contribution in [0, 0.1) is 5.92 Å². The first-order chi connectivity index (χ1) is 15.2. The molecule has 9 heteroatoms. The molecule has 3 aromatic rings. The third-order valence-electron chi connectivity index (χ3n) is 4.46. The van der Waals surface area contributed by atoms with Gasteiger partial charge in [0.2, 0.25) is 0 Å². The highest BCUT2D eigenvalue weighted by Gasteiger charge is 2.30. The van der Waals surface area contributed by atoms with E-state index in [1.54, 1.807) is 24.3 Å². The van der Waals surface area contributed by atoms with Crippen molar-refractivity contribution in [1.29, 1.82) is 0 Å². The number of halogens is 3. The zero-order valence-corrected chi connectivity index (χ0v) is 17.6. The average molecular weight is 444 g/mol. The molecular weight excluding hydrogens is 421 g/mol. The first-order valence-electron chi connectivity index (χ1n) is 10.0. The maximum Gasteiger partial charge on any atom is 0.573 e. The summed E-state index contributed by atoms with van der Waals surface area (Å²) in [5.41, 5.74) is 2.39. The van der Waals surface area contributed by atoms with Crippen molar-refractivity contribution in [2.75, 3.05) is 11.9 Å². The number of alkyl halides is 3. The SMILES string of the molecule is CC(C)CCNC(=O)c1cccc(-c2cc(Nc3ccc(OC(F)(F)F)cc3)ncn2)c1. The fourth-order valence-electron chi connectivity index (χ4n) is 2.87. The minimum Gasteiger partial charge on any atom is -0.406 e. The van der Waals surface area contributed by atoms with Crippen LogP contribution in [0.15, 0.2) is 60.9 Å². The van der Waals surface area contributed by atoms with E-state index in [0.29, 0.717) is 35.2 Å². The minimum absolute atomic E-state index is 0.152. The number of nitrogens with zero attached hydrogens (tertiary/aromatic N) is 2. The van der Waals surface area contributed by atoms with E-state index in [0.717, 1.165) is 12.0 Å². The fraction of sp³-hybridized carbons (Fsp3) is 0.261. The average Bonchev–Trinajstić information content (AvgIpc) is 2.74. The van der Waals surface area contributed by atoms with Crippen molar-refractivity contribution in [2.24, 2.45) is 5.92 Å². The van der Waals surface area contributed by atoms with E-state index >= 15 is 0 Å². The number of aromatic nitrogens is 2. The molecule has 0 atom stereocenters. The minimum atomic E-state index is -4.74. The van der Waals surface area contributed by atoms with Gasteiger partial charge in [-0.2, -0.15) is 0 Å². The molecule has 168 valence electrons. The number of hydrogen-bond acceptors (Lipinski definition) is 5. The van der Waals surface area contributed by atoms with Gasteiger partial charge >= 0.3 is 6.36 Å². The zero-order chi connectivity index (χ0) is 23.1. The first-order valence-corrected chi connectivity index (χ1v) is 10.0. The van der Waals surface area contributed by atoms with Crippen LogP contribution in [0.5, 0.6) is 5.75 Å². The van der Waals surface area contributed by atoms with Crippen molar-refractivity contribution in [3.63, 3.8) is 0 Å². The lowest BCUT2D eigenvalue weighted by Gasteiger charge is -2.11. The standard InChI is InChI=1S/C23H23F3N4O2/c1-15(2)10-11-27-22(31)17-5-3-4-16(12-17)20-13-21(29-14-28-20)30-18-6-8-19(9-7-18)32-23(24,25)26/h3-9,12-15H,10-11H2,1-2H3,(H,27,31)(H,28,29,30). The van der Waals surface area contributed by atoms with Crippen LogP contribution in [0.25, 0.3) is 11.3 Å². The van der Waals surface area contributed by atoms with Crippen LogP contribution in [-0.2, 0) is 0 Å². The van der Waals surface area contributed by atoms with Crippen molar-refractivity contribution in [2.45, 2.75) is 26.6 Å². The van der Waals surface area contributed by atoms with E-state index in [1.807, 2.05) is 6.07 Å². The second-order valence-electron chi connectivity index (χ2n) is 7.50. The van der Waals surface area contributed by atoms with Crippen LogP contribution in [-0.4, -0.2) is 28.8 Å². The summed E-state index contributed by atoms with van der Waals surface area (Å²) < 4.78 is 40.7. The highest BCUT2D eigenvalue weighted by atomic mass is 19.4. The van der Waals surface area contributed by atoms with Crippen molar-refractivity contribution < 1.29 is 22.7 Å². The van der Waals surface area contributed by atoms with Gasteiger partial charge in [0.15, 0.2) is 0 Å². The van der Waals surface area contributed by atoms with Crippen LogP contribution in [0.1, 0.15) is 30.6 Å². The van der Waals surface area contributed by atoms with Crippen LogP contribution in [0.2, 0.25) is 0 Å². The smallest absolute Gasteiger partial charge is 0.406 e. The third kappa shape index (κ3) is 6.97. The number of hydrogen-bond donors (Lipinski definition) is 2.